The van der Waals surface area contributed by atoms with E-state index in [1.54, 1.807) is 24.3 Å². The number of methoxy groups -OCH3 is 1. The summed E-state index contributed by atoms with van der Waals surface area (Å²) < 4.78 is 46.4. The first-order valence-corrected chi connectivity index (χ1v) is 7.53. The number of benzene rings is 2. The normalized spacial score (nSPS) is 11.5. The van der Waals surface area contributed by atoms with Crippen LogP contribution in [0.25, 0.3) is 22.2 Å². The van der Waals surface area contributed by atoms with E-state index in [0.29, 0.717) is 33.5 Å². The fraction of sp³-hybridized carbons (Fsp3) is 0.167. The zero-order valence-corrected chi connectivity index (χ0v) is 13.6. The third-order valence-corrected chi connectivity index (χ3v) is 3.82. The van der Waals surface area contributed by atoms with Gasteiger partial charge in [-0.2, -0.15) is 0 Å². The van der Waals surface area contributed by atoms with Gasteiger partial charge >= 0.3 is 12.3 Å². The number of H-pyrrole nitrogens is 1. The van der Waals surface area contributed by atoms with Crippen LogP contribution in [0, 0.1) is 0 Å². The van der Waals surface area contributed by atoms with E-state index in [9.17, 15) is 23.1 Å². The average Bonchev–Trinajstić information content (AvgIpc) is 2.91. The molecule has 26 heavy (non-hydrogen) atoms. The molecule has 0 aliphatic carbocycles. The highest BCUT2D eigenvalue weighted by molar-refractivity contribution is 5.94. The van der Waals surface area contributed by atoms with E-state index in [4.69, 9.17) is 4.74 Å². The van der Waals surface area contributed by atoms with Crippen molar-refractivity contribution in [2.24, 2.45) is 0 Å². The number of fused-ring (bicyclic) bond motifs is 1. The maximum Gasteiger partial charge on any atom is 0.573 e. The molecule has 2 aromatic carbocycles. The molecule has 0 aliphatic heterocycles. The van der Waals surface area contributed by atoms with Crippen molar-refractivity contribution in [1.82, 2.24) is 4.98 Å². The van der Waals surface area contributed by atoms with Crippen LogP contribution in [0.4, 0.5) is 13.2 Å². The summed E-state index contributed by atoms with van der Waals surface area (Å²) in [5.74, 6) is -0.870. The number of hydrogen-bond donors (Lipinski definition) is 2. The van der Waals surface area contributed by atoms with E-state index >= 15 is 0 Å². The van der Waals surface area contributed by atoms with E-state index in [0.717, 1.165) is 0 Å². The fourth-order valence-electron chi connectivity index (χ4n) is 2.76. The Morgan fingerprint density at radius 2 is 1.77 bits per heavy atom. The molecule has 0 atom stereocenters. The number of hydrogen-bond acceptors (Lipinski definition) is 3. The molecule has 8 heteroatoms. The first-order chi connectivity index (χ1) is 12.3. The summed E-state index contributed by atoms with van der Waals surface area (Å²) in [6.07, 6.45) is -5.17. The number of aromatic amines is 1. The van der Waals surface area contributed by atoms with E-state index in [1.165, 1.54) is 25.3 Å². The monoisotopic (exact) mass is 365 g/mol. The molecule has 0 aliphatic rings. The Morgan fingerprint density at radius 3 is 2.35 bits per heavy atom. The van der Waals surface area contributed by atoms with Crippen molar-refractivity contribution in [2.75, 3.05) is 7.11 Å². The van der Waals surface area contributed by atoms with Crippen LogP contribution in [-0.4, -0.2) is 29.5 Å². The first-order valence-electron chi connectivity index (χ1n) is 7.53. The molecule has 136 valence electrons. The Bertz CT molecular complexity index is 945. The van der Waals surface area contributed by atoms with Crippen molar-refractivity contribution in [3.8, 4) is 22.8 Å². The second kappa shape index (κ2) is 6.62. The number of carboxylic acid groups (broad SMARTS) is 1. The lowest BCUT2D eigenvalue weighted by Gasteiger charge is -2.09. The van der Waals surface area contributed by atoms with Gasteiger partial charge in [0.1, 0.15) is 11.5 Å². The van der Waals surface area contributed by atoms with E-state index < -0.39 is 18.1 Å². The lowest BCUT2D eigenvalue weighted by molar-refractivity contribution is -0.274. The minimum absolute atomic E-state index is 0.350. The summed E-state index contributed by atoms with van der Waals surface area (Å²) in [6, 6.07) is 10.7. The van der Waals surface area contributed by atoms with Gasteiger partial charge in [0.2, 0.25) is 0 Å². The average molecular weight is 365 g/mol. The Morgan fingerprint density at radius 1 is 1.12 bits per heavy atom. The largest absolute Gasteiger partial charge is 0.573 e. The highest BCUT2D eigenvalue weighted by atomic mass is 19.4. The fourth-order valence-corrected chi connectivity index (χ4v) is 2.76. The molecule has 0 amide bonds. The van der Waals surface area contributed by atoms with Gasteiger partial charge in [-0.25, -0.2) is 0 Å². The molecule has 3 aromatic rings. The molecular weight excluding hydrogens is 351 g/mol. The van der Waals surface area contributed by atoms with Crippen molar-refractivity contribution in [2.45, 2.75) is 12.8 Å². The predicted molar refractivity (Wildman–Crippen MR) is 88.3 cm³/mol. The standard InChI is InChI=1S/C18H14F3NO4/c1-25-11-4-2-10(3-5-11)17-14(9-16(23)24)13-8-12(26-18(19,20)21)6-7-15(13)22-17/h2-8,22H,9H2,1H3,(H,23,24). The molecule has 2 N–H and O–H groups in total. The van der Waals surface area contributed by atoms with E-state index in [-0.39, 0.29) is 6.42 Å². The van der Waals surface area contributed by atoms with Gasteiger partial charge in [0, 0.05) is 10.9 Å². The zero-order valence-electron chi connectivity index (χ0n) is 13.6. The van der Waals surface area contributed by atoms with Crippen LogP contribution in [0.5, 0.6) is 11.5 Å². The van der Waals surface area contributed by atoms with Gasteiger partial charge in [0.05, 0.1) is 19.2 Å². The summed E-state index contributed by atoms with van der Waals surface area (Å²) in [5.41, 5.74) is 2.11. The van der Waals surface area contributed by atoms with Gasteiger partial charge in [0.25, 0.3) is 0 Å². The summed E-state index contributed by atoms with van der Waals surface area (Å²) in [6.45, 7) is 0. The van der Waals surface area contributed by atoms with Crippen LogP contribution in [0.2, 0.25) is 0 Å². The molecule has 3 rings (SSSR count). The summed E-state index contributed by atoms with van der Waals surface area (Å²) in [5, 5.41) is 9.57. The Balaban J connectivity index is 2.13. The minimum Gasteiger partial charge on any atom is -0.497 e. The third-order valence-electron chi connectivity index (χ3n) is 3.82. The van der Waals surface area contributed by atoms with Crippen molar-refractivity contribution < 1.29 is 32.5 Å². The van der Waals surface area contributed by atoms with E-state index in [2.05, 4.69) is 9.72 Å². The molecule has 0 saturated carbocycles. The molecule has 5 nitrogen and oxygen atoms in total. The quantitative estimate of drug-likeness (QED) is 0.704. The highest BCUT2D eigenvalue weighted by Crippen LogP contribution is 2.35. The van der Waals surface area contributed by atoms with E-state index in [1.807, 2.05) is 0 Å². The second-order valence-corrected chi connectivity index (χ2v) is 5.53. The number of aromatic nitrogens is 1. The van der Waals surface area contributed by atoms with Crippen LogP contribution < -0.4 is 9.47 Å². The van der Waals surface area contributed by atoms with Crippen molar-refractivity contribution in [3.05, 3.63) is 48.0 Å². The SMILES string of the molecule is COc1ccc(-c2[nH]c3ccc(OC(F)(F)F)cc3c2CC(=O)O)cc1. The van der Waals surface area contributed by atoms with Gasteiger partial charge in [-0.3, -0.25) is 4.79 Å². The number of alkyl halides is 3. The number of ether oxygens (including phenoxy) is 2. The zero-order chi connectivity index (χ0) is 18.9. The van der Waals surface area contributed by atoms with Crippen molar-refractivity contribution >= 4 is 16.9 Å². The molecule has 1 heterocycles. The molecule has 0 saturated heterocycles. The molecule has 0 bridgehead atoms. The smallest absolute Gasteiger partial charge is 0.497 e. The highest BCUT2D eigenvalue weighted by Gasteiger charge is 2.31. The molecular formula is C18H14F3NO4. The summed E-state index contributed by atoms with van der Waals surface area (Å²) >= 11 is 0. The number of rotatable bonds is 5. The third kappa shape index (κ3) is 3.74. The number of halogens is 3. The van der Waals surface area contributed by atoms with Crippen LogP contribution in [0.1, 0.15) is 5.56 Å². The topological polar surface area (TPSA) is 71.5 Å². The number of aliphatic carboxylic acids is 1. The summed E-state index contributed by atoms with van der Waals surface area (Å²) in [7, 11) is 1.52. The maximum absolute atomic E-state index is 12.5. The van der Waals surface area contributed by atoms with Crippen molar-refractivity contribution in [1.29, 1.82) is 0 Å². The lowest BCUT2D eigenvalue weighted by atomic mass is 10.0. The number of carbonyl (C=O) groups is 1. The Kier molecular flexibility index (Phi) is 4.50. The summed E-state index contributed by atoms with van der Waals surface area (Å²) in [4.78, 5) is 14.3. The molecule has 1 aromatic heterocycles. The van der Waals surface area contributed by atoms with Crippen molar-refractivity contribution in [3.63, 3.8) is 0 Å². The predicted octanol–water partition coefficient (Wildman–Crippen LogP) is 4.37. The maximum atomic E-state index is 12.5. The van der Waals surface area contributed by atoms with Gasteiger partial charge < -0.3 is 19.6 Å². The van der Waals surface area contributed by atoms with Crippen LogP contribution >= 0.6 is 0 Å². The van der Waals surface area contributed by atoms with Crippen LogP contribution in [0.3, 0.4) is 0 Å². The Labute approximate surface area is 146 Å². The van der Waals surface area contributed by atoms with Gasteiger partial charge in [0.15, 0.2) is 0 Å². The van der Waals surface area contributed by atoms with Gasteiger partial charge in [-0.1, -0.05) is 0 Å². The minimum atomic E-state index is -4.82. The molecule has 0 radical (unpaired) electrons. The molecule has 0 spiro atoms. The van der Waals surface area contributed by atoms with Gasteiger partial charge in [-0.05, 0) is 53.6 Å². The second-order valence-electron chi connectivity index (χ2n) is 5.53. The lowest BCUT2D eigenvalue weighted by Crippen LogP contribution is -2.17. The first kappa shape index (κ1) is 17.7. The van der Waals surface area contributed by atoms with Crippen LogP contribution in [0.15, 0.2) is 42.5 Å². The number of carboxylic acids is 1. The Hall–Kier alpha value is -3.16. The van der Waals surface area contributed by atoms with Gasteiger partial charge in [-0.15, -0.1) is 13.2 Å². The molecule has 0 fully saturated rings. The number of nitrogens with one attached hydrogen (secondary N) is 1. The van der Waals surface area contributed by atoms with Crippen LogP contribution in [-0.2, 0) is 11.2 Å². The molecule has 0 unspecified atom stereocenters.